The van der Waals surface area contributed by atoms with Crippen molar-refractivity contribution in [1.82, 2.24) is 0 Å². The van der Waals surface area contributed by atoms with E-state index in [1.54, 1.807) is 12.1 Å². The van der Waals surface area contributed by atoms with Gasteiger partial charge >= 0.3 is 5.97 Å². The number of amides is 1. The van der Waals surface area contributed by atoms with E-state index in [0.717, 1.165) is 37.7 Å². The summed E-state index contributed by atoms with van der Waals surface area (Å²) in [4.78, 5) is 25.8. The third kappa shape index (κ3) is 3.57. The number of methoxy groups -OCH3 is 1. The normalized spacial score (nSPS) is 14.4. The van der Waals surface area contributed by atoms with E-state index in [2.05, 4.69) is 21.2 Å². The Morgan fingerprint density at radius 3 is 2.62 bits per heavy atom. The monoisotopic (exact) mass is 411 g/mol. The average Bonchev–Trinajstić information content (AvgIpc) is 3.11. The molecule has 1 aliphatic carbocycles. The van der Waals surface area contributed by atoms with Crippen molar-refractivity contribution >= 4 is 44.1 Å². The lowest BCUT2D eigenvalue weighted by Gasteiger charge is -2.10. The van der Waals surface area contributed by atoms with Crippen LogP contribution in [0.1, 0.15) is 57.0 Å². The summed E-state index contributed by atoms with van der Waals surface area (Å²) >= 11 is 4.65. The molecule has 0 radical (unpaired) electrons. The van der Waals surface area contributed by atoms with Crippen LogP contribution in [0.25, 0.3) is 0 Å². The van der Waals surface area contributed by atoms with Crippen LogP contribution in [0.5, 0.6) is 0 Å². The van der Waals surface area contributed by atoms with Crippen molar-refractivity contribution in [3.63, 3.8) is 0 Å². The third-order valence-electron chi connectivity index (χ3n) is 4.08. The Bertz CT molecular complexity index is 765. The zero-order valence-electron chi connectivity index (χ0n) is 13.3. The van der Waals surface area contributed by atoms with Gasteiger partial charge in [0, 0.05) is 4.88 Å². The van der Waals surface area contributed by atoms with Gasteiger partial charge in [-0.15, -0.1) is 11.3 Å². The van der Waals surface area contributed by atoms with Crippen LogP contribution in [0.2, 0.25) is 0 Å². The van der Waals surface area contributed by atoms with Crippen LogP contribution in [-0.2, 0) is 17.6 Å². The second-order valence-electron chi connectivity index (χ2n) is 5.67. The molecule has 5 nitrogen and oxygen atoms in total. The van der Waals surface area contributed by atoms with Crippen molar-refractivity contribution in [2.45, 2.75) is 38.5 Å². The van der Waals surface area contributed by atoms with E-state index in [1.807, 2.05) is 0 Å². The van der Waals surface area contributed by atoms with Gasteiger partial charge in [-0.05, 0) is 59.3 Å². The highest BCUT2D eigenvalue weighted by molar-refractivity contribution is 9.10. The SMILES string of the molecule is COC(=O)c1c(NC(=O)c2ccc(Br)o2)sc2c1CCCCCC2. The molecule has 1 aliphatic rings. The minimum atomic E-state index is -0.399. The number of furan rings is 1. The highest BCUT2D eigenvalue weighted by Crippen LogP contribution is 2.37. The summed E-state index contributed by atoms with van der Waals surface area (Å²) in [5.74, 6) is -0.581. The molecular formula is C17H18BrNO4S. The van der Waals surface area contributed by atoms with Crippen molar-refractivity contribution < 1.29 is 18.7 Å². The molecule has 0 bridgehead atoms. The Labute approximate surface area is 152 Å². The Morgan fingerprint density at radius 1 is 1.21 bits per heavy atom. The zero-order valence-corrected chi connectivity index (χ0v) is 15.7. The topological polar surface area (TPSA) is 68.5 Å². The van der Waals surface area contributed by atoms with Crippen molar-refractivity contribution in [2.24, 2.45) is 0 Å². The lowest BCUT2D eigenvalue weighted by Crippen LogP contribution is -2.14. The number of carbonyl (C=O) groups excluding carboxylic acids is 2. The van der Waals surface area contributed by atoms with Gasteiger partial charge in [-0.25, -0.2) is 4.79 Å². The van der Waals surface area contributed by atoms with Gasteiger partial charge in [-0.3, -0.25) is 4.79 Å². The number of esters is 1. The highest BCUT2D eigenvalue weighted by Gasteiger charge is 2.26. The van der Waals surface area contributed by atoms with Gasteiger partial charge in [0.1, 0.15) is 5.00 Å². The van der Waals surface area contributed by atoms with Crippen LogP contribution < -0.4 is 5.32 Å². The number of halogens is 1. The smallest absolute Gasteiger partial charge is 0.341 e. The minimum absolute atomic E-state index is 0.193. The third-order valence-corrected chi connectivity index (χ3v) is 5.72. The maximum absolute atomic E-state index is 12.4. The van der Waals surface area contributed by atoms with E-state index < -0.39 is 5.97 Å². The van der Waals surface area contributed by atoms with Crippen molar-refractivity contribution in [3.8, 4) is 0 Å². The molecule has 0 aliphatic heterocycles. The first-order chi connectivity index (χ1) is 11.6. The Kier molecular flexibility index (Phi) is 5.40. The summed E-state index contributed by atoms with van der Waals surface area (Å²) in [6.45, 7) is 0. The molecule has 2 aromatic heterocycles. The molecule has 7 heteroatoms. The Morgan fingerprint density at radius 2 is 1.96 bits per heavy atom. The number of nitrogens with one attached hydrogen (secondary N) is 1. The van der Waals surface area contributed by atoms with Gasteiger partial charge in [0.15, 0.2) is 10.4 Å². The fourth-order valence-electron chi connectivity index (χ4n) is 2.93. The molecule has 0 saturated heterocycles. The first kappa shape index (κ1) is 17.2. The number of thiophene rings is 1. The van der Waals surface area contributed by atoms with E-state index >= 15 is 0 Å². The number of hydrogen-bond donors (Lipinski definition) is 1. The van der Waals surface area contributed by atoms with Crippen LogP contribution in [0, 0.1) is 0 Å². The lowest BCUT2D eigenvalue weighted by molar-refractivity contribution is 0.0601. The molecule has 1 N–H and O–H groups in total. The van der Waals surface area contributed by atoms with Crippen LogP contribution in [0.3, 0.4) is 0 Å². The number of hydrogen-bond acceptors (Lipinski definition) is 5. The molecule has 0 spiro atoms. The number of rotatable bonds is 3. The van der Waals surface area contributed by atoms with Gasteiger partial charge in [0.05, 0.1) is 12.7 Å². The maximum Gasteiger partial charge on any atom is 0.341 e. The number of anilines is 1. The molecule has 2 aromatic rings. The second-order valence-corrected chi connectivity index (χ2v) is 7.56. The molecule has 1 amide bonds. The lowest BCUT2D eigenvalue weighted by atomic mass is 9.96. The predicted molar refractivity (Wildman–Crippen MR) is 95.9 cm³/mol. The van der Waals surface area contributed by atoms with E-state index in [1.165, 1.54) is 29.7 Å². The molecule has 2 heterocycles. The first-order valence-corrected chi connectivity index (χ1v) is 9.50. The van der Waals surface area contributed by atoms with E-state index in [-0.39, 0.29) is 11.7 Å². The maximum atomic E-state index is 12.4. The van der Waals surface area contributed by atoms with Gasteiger partial charge in [0.2, 0.25) is 0 Å². The summed E-state index contributed by atoms with van der Waals surface area (Å²) in [5, 5.41) is 3.37. The average molecular weight is 412 g/mol. The largest absolute Gasteiger partial charge is 0.465 e. The van der Waals surface area contributed by atoms with Crippen LogP contribution in [0.15, 0.2) is 21.2 Å². The Hall–Kier alpha value is -1.60. The fraction of sp³-hybridized carbons (Fsp3) is 0.412. The molecular weight excluding hydrogens is 394 g/mol. The standard InChI is InChI=1S/C17H18BrNO4S/c1-22-17(21)14-10-6-4-2-3-5-7-12(10)24-16(14)19-15(20)11-8-9-13(18)23-11/h8-9H,2-7H2,1H3,(H,19,20). The number of fused-ring (bicyclic) bond motifs is 1. The van der Waals surface area contributed by atoms with E-state index in [4.69, 9.17) is 9.15 Å². The van der Waals surface area contributed by atoms with Gasteiger partial charge in [-0.1, -0.05) is 12.8 Å². The van der Waals surface area contributed by atoms with Crippen LogP contribution in [0.4, 0.5) is 5.00 Å². The molecule has 0 unspecified atom stereocenters. The molecule has 24 heavy (non-hydrogen) atoms. The number of aryl methyl sites for hydroxylation is 1. The molecule has 0 atom stereocenters. The van der Waals surface area contributed by atoms with Crippen molar-refractivity contribution in [2.75, 3.05) is 12.4 Å². The van der Waals surface area contributed by atoms with Crippen LogP contribution in [-0.4, -0.2) is 19.0 Å². The van der Waals surface area contributed by atoms with Gasteiger partial charge in [0.25, 0.3) is 5.91 Å². The highest BCUT2D eigenvalue weighted by atomic mass is 79.9. The quantitative estimate of drug-likeness (QED) is 0.736. The first-order valence-electron chi connectivity index (χ1n) is 7.89. The molecule has 128 valence electrons. The zero-order chi connectivity index (χ0) is 17.1. The van der Waals surface area contributed by atoms with Crippen LogP contribution >= 0.6 is 27.3 Å². The van der Waals surface area contributed by atoms with E-state index in [9.17, 15) is 9.59 Å². The predicted octanol–water partition coefficient (Wildman–Crippen LogP) is 4.80. The summed E-state index contributed by atoms with van der Waals surface area (Å²) in [5.41, 5.74) is 1.53. The fourth-order valence-corrected chi connectivity index (χ4v) is 4.51. The molecule has 0 fully saturated rings. The summed E-state index contributed by atoms with van der Waals surface area (Å²) in [6, 6.07) is 3.24. The summed E-state index contributed by atoms with van der Waals surface area (Å²) in [6.07, 6.45) is 6.30. The number of ether oxygens (including phenoxy) is 1. The van der Waals surface area contributed by atoms with Gasteiger partial charge < -0.3 is 14.5 Å². The number of carbonyl (C=O) groups is 2. The minimum Gasteiger partial charge on any atom is -0.465 e. The van der Waals surface area contributed by atoms with E-state index in [0.29, 0.717) is 15.2 Å². The summed E-state index contributed by atoms with van der Waals surface area (Å²) < 4.78 is 10.7. The Balaban J connectivity index is 1.95. The molecule has 0 saturated carbocycles. The molecule has 3 rings (SSSR count). The van der Waals surface area contributed by atoms with Crippen molar-refractivity contribution in [3.05, 3.63) is 38.6 Å². The van der Waals surface area contributed by atoms with Gasteiger partial charge in [-0.2, -0.15) is 0 Å². The summed E-state index contributed by atoms with van der Waals surface area (Å²) in [7, 11) is 1.37. The molecule has 0 aromatic carbocycles. The van der Waals surface area contributed by atoms with Crippen molar-refractivity contribution in [1.29, 1.82) is 0 Å². The second kappa shape index (κ2) is 7.53.